The number of nitrogens with two attached hydrogens (primary N) is 2. The lowest BCUT2D eigenvalue weighted by Crippen LogP contribution is -2.69. The van der Waals surface area contributed by atoms with Gasteiger partial charge in [-0.3, -0.25) is 0 Å². The lowest BCUT2D eigenvalue weighted by molar-refractivity contribution is 1.66. The van der Waals surface area contributed by atoms with Crippen LogP contribution in [0.3, 0.4) is 0 Å². The first-order valence-electron chi connectivity index (χ1n) is 6.97. The Morgan fingerprint density at radius 2 is 0.800 bits per heavy atom. The molecule has 2 aromatic rings. The van der Waals surface area contributed by atoms with E-state index < -0.39 is 15.2 Å². The van der Waals surface area contributed by atoms with Crippen LogP contribution >= 0.6 is 0 Å². The fourth-order valence-electron chi connectivity index (χ4n) is 2.52. The van der Waals surface area contributed by atoms with Gasteiger partial charge in [0.1, 0.15) is 0 Å². The molecule has 20 heavy (non-hydrogen) atoms. The van der Waals surface area contributed by atoms with Gasteiger partial charge in [-0.25, -0.2) is 0 Å². The van der Waals surface area contributed by atoms with E-state index >= 15 is 0 Å². The van der Waals surface area contributed by atoms with Gasteiger partial charge in [0, 0.05) is 11.4 Å². The molecule has 0 saturated carbocycles. The van der Waals surface area contributed by atoms with E-state index in [9.17, 15) is 0 Å². The summed E-state index contributed by atoms with van der Waals surface area (Å²) in [6, 6.07) is 17.0. The van der Waals surface area contributed by atoms with Crippen molar-refractivity contribution in [3.63, 3.8) is 0 Å². The molecule has 0 fully saturated rings. The Morgan fingerprint density at radius 1 is 0.550 bits per heavy atom. The van der Waals surface area contributed by atoms with Gasteiger partial charge < -0.3 is 11.5 Å². The Morgan fingerprint density at radius 3 is 1.05 bits per heavy atom. The van der Waals surface area contributed by atoms with Crippen molar-refractivity contribution in [2.24, 2.45) is 0 Å². The third-order valence-electron chi connectivity index (χ3n) is 4.83. The van der Waals surface area contributed by atoms with E-state index in [1.54, 1.807) is 0 Å². The molecule has 106 valence electrons. The monoisotopic (exact) mass is 300 g/mol. The summed E-state index contributed by atoms with van der Waals surface area (Å²) in [5, 5.41) is 2.97. The number of anilines is 2. The maximum absolute atomic E-state index is 5.82. The van der Waals surface area contributed by atoms with Crippen LogP contribution in [0.1, 0.15) is 0 Å². The van der Waals surface area contributed by atoms with E-state index in [0.717, 1.165) is 11.4 Å². The van der Waals surface area contributed by atoms with E-state index in [-0.39, 0.29) is 0 Å². The summed E-state index contributed by atoms with van der Waals surface area (Å²) in [5.41, 5.74) is 13.3. The molecule has 4 N–H and O–H groups in total. The lowest BCUT2D eigenvalue weighted by atomic mass is 10.3. The predicted molar refractivity (Wildman–Crippen MR) is 95.9 cm³/mol. The summed E-state index contributed by atoms with van der Waals surface area (Å²) in [4.78, 5) is 0. The van der Waals surface area contributed by atoms with Crippen molar-refractivity contribution in [3.05, 3.63) is 48.5 Å². The molecule has 0 spiro atoms. The third-order valence-corrected chi connectivity index (χ3v) is 22.6. The number of hydrogen-bond acceptors (Lipinski definition) is 2. The second-order valence-electron chi connectivity index (χ2n) is 6.49. The molecule has 0 aliphatic rings. The number of rotatable bonds is 3. The van der Waals surface area contributed by atoms with Crippen LogP contribution in [0.4, 0.5) is 11.4 Å². The van der Waals surface area contributed by atoms with Gasteiger partial charge in [-0.05, 0) is 24.3 Å². The molecule has 0 aliphatic carbocycles. The quantitative estimate of drug-likeness (QED) is 0.676. The van der Waals surface area contributed by atoms with Gasteiger partial charge in [0.15, 0.2) is 0 Å². The van der Waals surface area contributed by atoms with Gasteiger partial charge in [-0.1, -0.05) is 60.8 Å². The van der Waals surface area contributed by atoms with Crippen LogP contribution < -0.4 is 21.8 Å². The van der Waals surface area contributed by atoms with Crippen LogP contribution in [0.25, 0.3) is 0 Å². The Kier molecular flexibility index (Phi) is 3.80. The van der Waals surface area contributed by atoms with Gasteiger partial charge in [0.25, 0.3) is 0 Å². The van der Waals surface area contributed by atoms with Crippen LogP contribution in [0, 0.1) is 0 Å². The van der Waals surface area contributed by atoms with Crippen LogP contribution in [0.15, 0.2) is 48.5 Å². The fourth-order valence-corrected chi connectivity index (χ4v) is 11.3. The van der Waals surface area contributed by atoms with E-state index in [1.807, 2.05) is 24.3 Å². The summed E-state index contributed by atoms with van der Waals surface area (Å²) >= 11 is 0. The first kappa shape index (κ1) is 14.9. The molecule has 2 aromatic carbocycles. The highest BCUT2D eigenvalue weighted by molar-refractivity contribution is 7.49. The van der Waals surface area contributed by atoms with E-state index in [1.165, 1.54) is 10.4 Å². The summed E-state index contributed by atoms with van der Waals surface area (Å²) in [6.07, 6.45) is 0. The third kappa shape index (κ3) is 2.53. The molecule has 0 aromatic heterocycles. The highest BCUT2D eigenvalue weighted by Crippen LogP contribution is 2.20. The van der Waals surface area contributed by atoms with Crippen molar-refractivity contribution in [1.29, 1.82) is 0 Å². The summed E-state index contributed by atoms with van der Waals surface area (Å²) in [5.74, 6) is 0. The zero-order valence-corrected chi connectivity index (χ0v) is 14.8. The Labute approximate surface area is 123 Å². The highest BCUT2D eigenvalue weighted by atomic mass is 29.3. The Bertz CT molecular complexity index is 531. The molecule has 0 bridgehead atoms. The second kappa shape index (κ2) is 5.11. The first-order chi connectivity index (χ1) is 9.25. The van der Waals surface area contributed by atoms with E-state index in [2.05, 4.69) is 50.5 Å². The molecule has 2 nitrogen and oxygen atoms in total. The maximum atomic E-state index is 5.82. The van der Waals surface area contributed by atoms with Gasteiger partial charge in [-0.2, -0.15) is 0 Å². The molecule has 0 saturated heterocycles. The molecule has 0 radical (unpaired) electrons. The van der Waals surface area contributed by atoms with E-state index in [4.69, 9.17) is 11.5 Å². The largest absolute Gasteiger partial charge is 0.399 e. The molecular formula is C16H24N2Si2. The molecule has 0 unspecified atom stereocenters. The van der Waals surface area contributed by atoms with Crippen molar-refractivity contribution >= 4 is 36.9 Å². The van der Waals surface area contributed by atoms with Crippen LogP contribution in [0.5, 0.6) is 0 Å². The predicted octanol–water partition coefficient (Wildman–Crippen LogP) is 2.46. The topological polar surface area (TPSA) is 52.0 Å². The highest BCUT2D eigenvalue weighted by Gasteiger charge is 2.43. The Hall–Kier alpha value is -1.53. The molecule has 0 heterocycles. The smallest absolute Gasteiger partial charge is 0.0791 e. The first-order valence-corrected chi connectivity index (χ1v) is 14.0. The van der Waals surface area contributed by atoms with Crippen LogP contribution in [0.2, 0.25) is 26.2 Å². The molecule has 2 rings (SSSR count). The minimum absolute atomic E-state index is 0.838. The maximum Gasteiger partial charge on any atom is 0.0791 e. The lowest BCUT2D eigenvalue weighted by Gasteiger charge is -2.39. The minimum Gasteiger partial charge on any atom is -0.399 e. The molecule has 0 atom stereocenters. The summed E-state index contributed by atoms with van der Waals surface area (Å²) in [7, 11) is -3.09. The number of hydrogen-bond donors (Lipinski definition) is 2. The van der Waals surface area contributed by atoms with Crippen molar-refractivity contribution < 1.29 is 0 Å². The number of benzene rings is 2. The molecule has 0 aliphatic heterocycles. The summed E-state index contributed by atoms with van der Waals surface area (Å²) in [6.45, 7) is 9.89. The average molecular weight is 301 g/mol. The zero-order valence-electron chi connectivity index (χ0n) is 12.8. The van der Waals surface area contributed by atoms with E-state index in [0.29, 0.717) is 0 Å². The van der Waals surface area contributed by atoms with Gasteiger partial charge in [-0.15, -0.1) is 0 Å². The fraction of sp³-hybridized carbons (Fsp3) is 0.250. The van der Waals surface area contributed by atoms with Crippen molar-refractivity contribution in [3.8, 4) is 0 Å². The SMILES string of the molecule is C[Si](C)(c1ccc(N)cc1)[Si](C)(C)c1ccc(N)cc1. The van der Waals surface area contributed by atoms with Crippen LogP contribution in [-0.4, -0.2) is 15.2 Å². The minimum atomic E-state index is -1.55. The van der Waals surface area contributed by atoms with Crippen molar-refractivity contribution in [2.75, 3.05) is 11.5 Å². The second-order valence-corrected chi connectivity index (χ2v) is 21.6. The molecule has 4 heteroatoms. The standard InChI is InChI=1S/C16H24N2Si2/c1-19(2,15-9-5-13(17)6-10-15)20(3,4)16-11-7-14(18)8-12-16/h5-12H,17-18H2,1-4H3. The van der Waals surface area contributed by atoms with Gasteiger partial charge in [0.05, 0.1) is 15.2 Å². The number of nitrogen functional groups attached to an aromatic ring is 2. The Balaban J connectivity index is 2.45. The van der Waals surface area contributed by atoms with Crippen LogP contribution in [-0.2, 0) is 0 Å². The molecular weight excluding hydrogens is 276 g/mol. The average Bonchev–Trinajstić information content (AvgIpc) is 2.39. The van der Waals surface area contributed by atoms with Crippen molar-refractivity contribution in [1.82, 2.24) is 0 Å². The van der Waals surface area contributed by atoms with Gasteiger partial charge in [0.2, 0.25) is 0 Å². The normalized spacial score (nSPS) is 12.4. The van der Waals surface area contributed by atoms with Crippen molar-refractivity contribution in [2.45, 2.75) is 26.2 Å². The van der Waals surface area contributed by atoms with Gasteiger partial charge >= 0.3 is 0 Å². The summed E-state index contributed by atoms with van der Waals surface area (Å²) < 4.78 is 0. The molecule has 0 amide bonds. The zero-order chi connectivity index (χ0) is 15.0.